The van der Waals surface area contributed by atoms with Gasteiger partial charge in [0.15, 0.2) is 5.65 Å². The highest BCUT2D eigenvalue weighted by Gasteiger charge is 2.48. The minimum absolute atomic E-state index is 0.0191. The van der Waals surface area contributed by atoms with Crippen LogP contribution >= 0.6 is 11.6 Å². The van der Waals surface area contributed by atoms with Crippen molar-refractivity contribution in [3.63, 3.8) is 0 Å². The molecule has 3 atom stereocenters. The molecule has 0 unspecified atom stereocenters. The topological polar surface area (TPSA) is 84.1 Å². The lowest BCUT2D eigenvalue weighted by atomic mass is 10.1. The quantitative estimate of drug-likeness (QED) is 0.810. The van der Waals surface area contributed by atoms with Crippen LogP contribution in [0.4, 0.5) is 4.79 Å². The van der Waals surface area contributed by atoms with E-state index in [1.54, 1.807) is 12.4 Å². The monoisotopic (exact) mass is 293 g/mol. The SMILES string of the molecule is O=C(O)N1C[C@H]2C[C@@H]1[C@@H](n1ncc3cnc(Cl)nc31)C2. The molecule has 1 amide bonds. The molecular weight excluding hydrogens is 282 g/mol. The number of carboxylic acid groups (broad SMARTS) is 1. The van der Waals surface area contributed by atoms with E-state index < -0.39 is 6.09 Å². The molecule has 2 aromatic heterocycles. The summed E-state index contributed by atoms with van der Waals surface area (Å²) in [7, 11) is 0. The first kappa shape index (κ1) is 11.9. The van der Waals surface area contributed by atoms with Gasteiger partial charge in [0.05, 0.1) is 23.7 Å². The Hall–Kier alpha value is -1.89. The molecule has 0 spiro atoms. The standard InChI is InChI=1S/C12H12ClN5O2/c13-11-14-3-7-4-15-18(10(7)16-11)9-2-6-1-8(9)17(5-6)12(19)20/h3-4,6,8-9H,1-2,5H2,(H,19,20)/t6-,8+,9-/m0/s1. The highest BCUT2D eigenvalue weighted by molar-refractivity contribution is 6.28. The van der Waals surface area contributed by atoms with Crippen LogP contribution in [0.5, 0.6) is 0 Å². The van der Waals surface area contributed by atoms with Gasteiger partial charge in [-0.25, -0.2) is 14.5 Å². The van der Waals surface area contributed by atoms with Crippen molar-refractivity contribution in [3.05, 3.63) is 17.7 Å². The average molecular weight is 294 g/mol. The summed E-state index contributed by atoms with van der Waals surface area (Å²) in [5.74, 6) is 0.414. The molecular formula is C12H12ClN5O2. The first-order chi connectivity index (χ1) is 9.63. The van der Waals surface area contributed by atoms with Gasteiger partial charge >= 0.3 is 6.09 Å². The van der Waals surface area contributed by atoms with Crippen molar-refractivity contribution in [3.8, 4) is 0 Å². The maximum absolute atomic E-state index is 11.3. The number of hydrogen-bond donors (Lipinski definition) is 1. The minimum Gasteiger partial charge on any atom is -0.465 e. The van der Waals surface area contributed by atoms with E-state index in [1.165, 1.54) is 4.90 Å². The van der Waals surface area contributed by atoms with Crippen molar-refractivity contribution in [2.24, 2.45) is 5.92 Å². The number of nitrogens with zero attached hydrogens (tertiary/aromatic N) is 5. The number of aromatic nitrogens is 4. The van der Waals surface area contributed by atoms with E-state index in [1.807, 2.05) is 4.68 Å². The highest BCUT2D eigenvalue weighted by Crippen LogP contribution is 2.44. The normalized spacial score (nSPS) is 28.4. The summed E-state index contributed by atoms with van der Waals surface area (Å²) in [6, 6.07) is 0.0163. The molecule has 1 N–H and O–H groups in total. The van der Waals surface area contributed by atoms with E-state index in [-0.39, 0.29) is 17.4 Å². The zero-order valence-electron chi connectivity index (χ0n) is 10.5. The molecule has 8 heteroatoms. The predicted octanol–water partition coefficient (Wildman–Crippen LogP) is 1.79. The molecule has 104 valence electrons. The van der Waals surface area contributed by atoms with Crippen LogP contribution in [-0.4, -0.2) is 48.4 Å². The second-order valence-corrected chi connectivity index (χ2v) is 5.75. The largest absolute Gasteiger partial charge is 0.465 e. The lowest BCUT2D eigenvalue weighted by molar-refractivity contribution is 0.112. The van der Waals surface area contributed by atoms with Crippen LogP contribution in [0.25, 0.3) is 11.0 Å². The number of fused-ring (bicyclic) bond motifs is 3. The zero-order chi connectivity index (χ0) is 13.9. The van der Waals surface area contributed by atoms with Gasteiger partial charge in [-0.15, -0.1) is 0 Å². The van der Waals surface area contributed by atoms with Crippen molar-refractivity contribution in [2.45, 2.75) is 24.9 Å². The lowest BCUT2D eigenvalue weighted by Gasteiger charge is -2.31. The van der Waals surface area contributed by atoms with Crippen LogP contribution < -0.4 is 0 Å². The van der Waals surface area contributed by atoms with Crippen molar-refractivity contribution >= 4 is 28.7 Å². The summed E-state index contributed by atoms with van der Waals surface area (Å²) < 4.78 is 1.81. The van der Waals surface area contributed by atoms with E-state index >= 15 is 0 Å². The second-order valence-electron chi connectivity index (χ2n) is 5.41. The molecule has 1 aliphatic carbocycles. The van der Waals surface area contributed by atoms with Crippen molar-refractivity contribution in [1.82, 2.24) is 24.6 Å². The molecule has 20 heavy (non-hydrogen) atoms. The number of likely N-dealkylation sites (tertiary alicyclic amines) is 1. The van der Waals surface area contributed by atoms with Gasteiger partial charge < -0.3 is 10.0 Å². The first-order valence-corrected chi connectivity index (χ1v) is 6.86. The Balaban J connectivity index is 1.77. The Bertz CT molecular complexity index is 702. The van der Waals surface area contributed by atoms with Crippen LogP contribution in [-0.2, 0) is 0 Å². The van der Waals surface area contributed by atoms with Gasteiger partial charge in [-0.1, -0.05) is 0 Å². The van der Waals surface area contributed by atoms with E-state index in [4.69, 9.17) is 11.6 Å². The average Bonchev–Trinajstić information content (AvgIpc) is 3.10. The predicted molar refractivity (Wildman–Crippen MR) is 70.6 cm³/mol. The number of amides is 1. The summed E-state index contributed by atoms with van der Waals surface area (Å²) in [6.45, 7) is 0.630. The van der Waals surface area contributed by atoms with Crippen molar-refractivity contribution < 1.29 is 9.90 Å². The van der Waals surface area contributed by atoms with E-state index in [9.17, 15) is 9.90 Å². The molecule has 0 aromatic carbocycles. The fraction of sp³-hybridized carbons (Fsp3) is 0.500. The highest BCUT2D eigenvalue weighted by atomic mass is 35.5. The smallest absolute Gasteiger partial charge is 0.407 e. The van der Waals surface area contributed by atoms with Crippen LogP contribution in [0.15, 0.2) is 12.4 Å². The van der Waals surface area contributed by atoms with Crippen LogP contribution in [0.2, 0.25) is 5.28 Å². The molecule has 7 nitrogen and oxygen atoms in total. The summed E-state index contributed by atoms with van der Waals surface area (Å²) in [5.41, 5.74) is 0.674. The Morgan fingerprint density at radius 2 is 2.15 bits per heavy atom. The number of halogens is 1. The summed E-state index contributed by atoms with van der Waals surface area (Å²) in [5, 5.41) is 14.6. The summed E-state index contributed by atoms with van der Waals surface area (Å²) >= 11 is 5.84. The van der Waals surface area contributed by atoms with Crippen LogP contribution in [0.1, 0.15) is 18.9 Å². The molecule has 2 aromatic rings. The molecule has 0 radical (unpaired) electrons. The van der Waals surface area contributed by atoms with Crippen molar-refractivity contribution in [2.75, 3.05) is 6.54 Å². The summed E-state index contributed by atoms with van der Waals surface area (Å²) in [6.07, 6.45) is 4.31. The Labute approximate surface area is 119 Å². The number of rotatable bonds is 1. The molecule has 1 saturated heterocycles. The first-order valence-electron chi connectivity index (χ1n) is 6.49. The Kier molecular flexibility index (Phi) is 2.41. The molecule has 1 aliphatic heterocycles. The third kappa shape index (κ3) is 1.59. The molecule has 4 rings (SSSR count). The number of hydrogen-bond acceptors (Lipinski definition) is 4. The van der Waals surface area contributed by atoms with Gasteiger partial charge in [0, 0.05) is 12.7 Å². The Morgan fingerprint density at radius 3 is 2.90 bits per heavy atom. The Morgan fingerprint density at radius 1 is 1.35 bits per heavy atom. The number of piperidine rings is 1. The van der Waals surface area contributed by atoms with E-state index in [0.29, 0.717) is 18.1 Å². The molecule has 2 fully saturated rings. The third-order valence-corrected chi connectivity index (χ3v) is 4.50. The van der Waals surface area contributed by atoms with Gasteiger partial charge in [0.25, 0.3) is 0 Å². The third-order valence-electron chi connectivity index (χ3n) is 4.31. The zero-order valence-corrected chi connectivity index (χ0v) is 11.2. The fourth-order valence-electron chi connectivity index (χ4n) is 3.53. The van der Waals surface area contributed by atoms with Crippen LogP contribution in [0, 0.1) is 5.92 Å². The van der Waals surface area contributed by atoms with Gasteiger partial charge in [-0.05, 0) is 30.4 Å². The second kappa shape index (κ2) is 4.05. The van der Waals surface area contributed by atoms with E-state index in [0.717, 1.165) is 18.2 Å². The van der Waals surface area contributed by atoms with Gasteiger partial charge in [-0.3, -0.25) is 0 Å². The maximum Gasteiger partial charge on any atom is 0.407 e. The van der Waals surface area contributed by atoms with Crippen molar-refractivity contribution in [1.29, 1.82) is 0 Å². The molecule has 1 saturated carbocycles. The minimum atomic E-state index is -0.855. The van der Waals surface area contributed by atoms with Gasteiger partial charge in [0.2, 0.25) is 5.28 Å². The number of carbonyl (C=O) groups is 1. The maximum atomic E-state index is 11.3. The van der Waals surface area contributed by atoms with Gasteiger partial charge in [-0.2, -0.15) is 10.1 Å². The molecule has 3 heterocycles. The van der Waals surface area contributed by atoms with Gasteiger partial charge in [0.1, 0.15) is 0 Å². The van der Waals surface area contributed by atoms with E-state index in [2.05, 4.69) is 15.1 Å². The lowest BCUT2D eigenvalue weighted by Crippen LogP contribution is -2.42. The summed E-state index contributed by atoms with van der Waals surface area (Å²) in [4.78, 5) is 21.0. The molecule has 2 bridgehead atoms. The van der Waals surface area contributed by atoms with Crippen LogP contribution in [0.3, 0.4) is 0 Å². The fourth-order valence-corrected chi connectivity index (χ4v) is 3.66. The molecule has 2 aliphatic rings.